The fourth-order valence-electron chi connectivity index (χ4n) is 1.37. The molecule has 4 N–H and O–H groups in total. The van der Waals surface area contributed by atoms with Gasteiger partial charge in [-0.3, -0.25) is 9.59 Å². The maximum absolute atomic E-state index is 11.8. The van der Waals surface area contributed by atoms with E-state index in [1.54, 1.807) is 13.8 Å². The Balaban J connectivity index is 4.52. The molecule has 0 saturated carbocycles. The summed E-state index contributed by atoms with van der Waals surface area (Å²) in [4.78, 5) is 34.6. The van der Waals surface area contributed by atoms with Crippen LogP contribution in [0, 0.1) is 5.41 Å². The van der Waals surface area contributed by atoms with Gasteiger partial charge in [0.05, 0.1) is 17.5 Å². The molecule has 0 radical (unpaired) electrons. The Morgan fingerprint density at radius 3 is 1.76 bits per heavy atom. The lowest BCUT2D eigenvalue weighted by Gasteiger charge is -2.38. The van der Waals surface area contributed by atoms with Crippen LogP contribution >= 0.6 is 0 Å². The van der Waals surface area contributed by atoms with Gasteiger partial charge in [0.15, 0.2) is 0 Å². The predicted octanol–water partition coefficient (Wildman–Crippen LogP) is 1.09. The second-order valence-corrected chi connectivity index (χ2v) is 7.16. The van der Waals surface area contributed by atoms with Gasteiger partial charge in [-0.2, -0.15) is 0 Å². The Kier molecular flexibility index (Phi) is 5.78. The van der Waals surface area contributed by atoms with Gasteiger partial charge in [0.25, 0.3) is 0 Å². The molecule has 0 fully saturated rings. The SMILES string of the molecule is CC(C)(C)NC(=O)CNC(=O)NC(C)(C)C(C)(C)C(=O)O. The molecule has 7 nitrogen and oxygen atoms in total. The molecule has 0 aromatic rings. The number of rotatable bonds is 5. The van der Waals surface area contributed by atoms with Crippen LogP contribution in [-0.4, -0.2) is 40.6 Å². The van der Waals surface area contributed by atoms with Crippen molar-refractivity contribution in [2.24, 2.45) is 5.41 Å². The van der Waals surface area contributed by atoms with Crippen LogP contribution in [0.1, 0.15) is 48.5 Å². The summed E-state index contributed by atoms with van der Waals surface area (Å²) in [5.41, 5.74) is -2.51. The molecule has 0 atom stereocenters. The van der Waals surface area contributed by atoms with Crippen molar-refractivity contribution in [2.45, 2.75) is 59.5 Å². The molecule has 122 valence electrons. The van der Waals surface area contributed by atoms with Gasteiger partial charge in [0.2, 0.25) is 5.91 Å². The van der Waals surface area contributed by atoms with Crippen molar-refractivity contribution in [1.82, 2.24) is 16.0 Å². The molecule has 0 aromatic heterocycles. The second-order valence-electron chi connectivity index (χ2n) is 7.16. The molecule has 0 rings (SSSR count). The maximum atomic E-state index is 11.8. The summed E-state index contributed by atoms with van der Waals surface area (Å²) in [6.07, 6.45) is 0. The summed E-state index contributed by atoms with van der Waals surface area (Å²) >= 11 is 0. The average Bonchev–Trinajstić information content (AvgIpc) is 2.22. The van der Waals surface area contributed by atoms with Crippen LogP contribution in [0.4, 0.5) is 4.79 Å². The molecule has 0 aliphatic carbocycles. The van der Waals surface area contributed by atoms with Gasteiger partial charge in [-0.25, -0.2) is 4.79 Å². The fraction of sp³-hybridized carbons (Fsp3) is 0.786. The third kappa shape index (κ3) is 6.01. The molecule has 7 heteroatoms. The van der Waals surface area contributed by atoms with Crippen LogP contribution in [0.3, 0.4) is 0 Å². The highest BCUT2D eigenvalue weighted by molar-refractivity contribution is 5.85. The Morgan fingerprint density at radius 2 is 1.38 bits per heavy atom. The van der Waals surface area contributed by atoms with Crippen molar-refractivity contribution in [3.63, 3.8) is 0 Å². The van der Waals surface area contributed by atoms with Crippen LogP contribution in [0.25, 0.3) is 0 Å². The summed E-state index contributed by atoms with van der Waals surface area (Å²) in [5.74, 6) is -1.33. The first-order valence-electron chi connectivity index (χ1n) is 6.79. The molecule has 0 unspecified atom stereocenters. The fourth-order valence-corrected chi connectivity index (χ4v) is 1.37. The number of carbonyl (C=O) groups excluding carboxylic acids is 2. The van der Waals surface area contributed by atoms with E-state index in [4.69, 9.17) is 0 Å². The van der Waals surface area contributed by atoms with E-state index in [1.807, 2.05) is 20.8 Å². The summed E-state index contributed by atoms with van der Waals surface area (Å²) in [6, 6.07) is -0.585. The van der Waals surface area contributed by atoms with Gasteiger partial charge in [-0.05, 0) is 48.5 Å². The average molecular weight is 301 g/mol. The van der Waals surface area contributed by atoms with Crippen LogP contribution in [0.15, 0.2) is 0 Å². The third-order valence-electron chi connectivity index (χ3n) is 3.45. The van der Waals surface area contributed by atoms with Crippen LogP contribution < -0.4 is 16.0 Å². The molecule has 0 aliphatic heterocycles. The highest BCUT2D eigenvalue weighted by atomic mass is 16.4. The van der Waals surface area contributed by atoms with E-state index in [0.717, 1.165) is 0 Å². The first kappa shape index (κ1) is 19.2. The maximum Gasteiger partial charge on any atom is 0.315 e. The molecule has 0 heterocycles. The van der Waals surface area contributed by atoms with Crippen LogP contribution in [-0.2, 0) is 9.59 Å². The number of nitrogens with one attached hydrogen (secondary N) is 3. The van der Waals surface area contributed by atoms with Gasteiger partial charge < -0.3 is 21.1 Å². The monoisotopic (exact) mass is 301 g/mol. The number of aliphatic carboxylic acids is 1. The number of hydrogen-bond donors (Lipinski definition) is 4. The number of hydrogen-bond acceptors (Lipinski definition) is 3. The lowest BCUT2D eigenvalue weighted by atomic mass is 9.74. The van der Waals surface area contributed by atoms with Gasteiger partial charge >= 0.3 is 12.0 Å². The van der Waals surface area contributed by atoms with Gasteiger partial charge in [0, 0.05) is 5.54 Å². The Labute approximate surface area is 125 Å². The molecule has 0 bridgehead atoms. The van der Waals surface area contributed by atoms with E-state index in [2.05, 4.69) is 16.0 Å². The smallest absolute Gasteiger partial charge is 0.315 e. The van der Waals surface area contributed by atoms with Crippen molar-refractivity contribution in [2.75, 3.05) is 6.54 Å². The van der Waals surface area contributed by atoms with Crippen molar-refractivity contribution >= 4 is 17.9 Å². The van der Waals surface area contributed by atoms with Crippen LogP contribution in [0.5, 0.6) is 0 Å². The zero-order valence-corrected chi connectivity index (χ0v) is 13.9. The lowest BCUT2D eigenvalue weighted by molar-refractivity contribution is -0.150. The summed E-state index contributed by atoms with van der Waals surface area (Å²) in [7, 11) is 0. The predicted molar refractivity (Wildman–Crippen MR) is 79.9 cm³/mol. The van der Waals surface area contributed by atoms with Crippen molar-refractivity contribution < 1.29 is 19.5 Å². The van der Waals surface area contributed by atoms with E-state index >= 15 is 0 Å². The Morgan fingerprint density at radius 1 is 0.905 bits per heavy atom. The van der Waals surface area contributed by atoms with Crippen molar-refractivity contribution in [1.29, 1.82) is 0 Å². The Bertz CT molecular complexity index is 422. The van der Waals surface area contributed by atoms with Gasteiger partial charge in [-0.15, -0.1) is 0 Å². The molecule has 0 aliphatic rings. The summed E-state index contributed by atoms with van der Waals surface area (Å²) < 4.78 is 0. The lowest BCUT2D eigenvalue weighted by Crippen LogP contribution is -2.59. The molecule has 3 amide bonds. The van der Waals surface area contributed by atoms with E-state index in [1.165, 1.54) is 13.8 Å². The first-order chi connectivity index (χ1) is 9.19. The minimum absolute atomic E-state index is 0.174. The highest BCUT2D eigenvalue weighted by Crippen LogP contribution is 2.30. The van der Waals surface area contributed by atoms with Gasteiger partial charge in [0.1, 0.15) is 0 Å². The topological polar surface area (TPSA) is 108 Å². The zero-order valence-electron chi connectivity index (χ0n) is 13.9. The molecule has 0 spiro atoms. The van der Waals surface area contributed by atoms with E-state index < -0.39 is 23.0 Å². The number of carbonyl (C=O) groups is 3. The van der Waals surface area contributed by atoms with Gasteiger partial charge in [-0.1, -0.05) is 0 Å². The van der Waals surface area contributed by atoms with Crippen molar-refractivity contribution in [3.8, 4) is 0 Å². The second kappa shape index (κ2) is 6.32. The number of urea groups is 1. The van der Waals surface area contributed by atoms with Crippen LogP contribution in [0.2, 0.25) is 0 Å². The number of carboxylic acid groups (broad SMARTS) is 1. The van der Waals surface area contributed by atoms with E-state index in [-0.39, 0.29) is 18.0 Å². The standard InChI is InChI=1S/C14H27N3O4/c1-12(2,3)16-9(18)8-15-11(21)17-14(6,7)13(4,5)10(19)20/h8H2,1-7H3,(H,16,18)(H,19,20)(H2,15,17,21). The van der Waals surface area contributed by atoms with E-state index in [0.29, 0.717) is 0 Å². The third-order valence-corrected chi connectivity index (χ3v) is 3.45. The molecular weight excluding hydrogens is 274 g/mol. The minimum atomic E-state index is -1.15. The van der Waals surface area contributed by atoms with E-state index in [9.17, 15) is 19.5 Å². The number of carboxylic acids is 1. The molecule has 0 aromatic carbocycles. The Hall–Kier alpha value is -1.79. The minimum Gasteiger partial charge on any atom is -0.481 e. The molecular formula is C14H27N3O4. The van der Waals surface area contributed by atoms with Crippen molar-refractivity contribution in [3.05, 3.63) is 0 Å². The molecule has 0 saturated heterocycles. The first-order valence-corrected chi connectivity index (χ1v) is 6.79. The largest absolute Gasteiger partial charge is 0.481 e. The summed E-state index contributed by atoms with van der Waals surface area (Å²) in [6.45, 7) is 11.6. The zero-order chi connectivity index (χ0) is 17.1. The highest BCUT2D eigenvalue weighted by Gasteiger charge is 2.44. The normalized spacial score (nSPS) is 12.5. The summed E-state index contributed by atoms with van der Waals surface area (Å²) in [5, 5.41) is 16.9. The quantitative estimate of drug-likeness (QED) is 0.609. The molecule has 21 heavy (non-hydrogen) atoms. The number of amides is 3.